The fourth-order valence-electron chi connectivity index (χ4n) is 9.22. The van der Waals surface area contributed by atoms with Crippen molar-refractivity contribution in [2.75, 3.05) is 35.2 Å². The first-order valence-corrected chi connectivity index (χ1v) is 31.6. The summed E-state index contributed by atoms with van der Waals surface area (Å²) in [4.78, 5) is 83.6. The van der Waals surface area contributed by atoms with Gasteiger partial charge in [-0.25, -0.2) is 4.98 Å². The van der Waals surface area contributed by atoms with Gasteiger partial charge in [0.05, 0.1) is 45.0 Å². The Morgan fingerprint density at radius 1 is 0.538 bits per heavy atom. The van der Waals surface area contributed by atoms with E-state index < -0.39 is 4.92 Å². The number of carbonyl (C=O) groups excluding carboxylic acids is 6. The third-order valence-corrected chi connectivity index (χ3v) is 15.8. The van der Waals surface area contributed by atoms with E-state index in [0.29, 0.717) is 44.3 Å². The van der Waals surface area contributed by atoms with E-state index in [-0.39, 0.29) is 87.8 Å². The Balaban J connectivity index is 0.000000384. The normalized spacial score (nSPS) is 12.0. The van der Waals surface area contributed by atoms with Crippen LogP contribution < -0.4 is 31.3 Å². The van der Waals surface area contributed by atoms with E-state index in [2.05, 4.69) is 71.3 Å². The number of nitrogens with one attached hydrogen (secondary N) is 6. The number of carbonyl (C=O) groups is 6. The summed E-state index contributed by atoms with van der Waals surface area (Å²) in [6.45, 7) is 13.9. The number of aromatic hydroxyl groups is 3. The zero-order chi connectivity index (χ0) is 69.6. The molecule has 5 atom stereocenters. The monoisotopic (exact) mass is 1390 g/mol. The Bertz CT molecular complexity index is 3380. The molecule has 1 aromatic heterocycles. The number of hydrogen-bond acceptors (Lipinski definition) is 18. The number of nitrogens with zero attached hydrogens (tertiary/aromatic N) is 2. The van der Waals surface area contributed by atoms with Gasteiger partial charge in [-0.15, -0.1) is 0 Å². The Morgan fingerprint density at radius 2 is 0.968 bits per heavy atom. The molecule has 0 aliphatic carbocycles. The van der Waals surface area contributed by atoms with Crippen LogP contribution in [0.5, 0.6) is 23.0 Å². The Hall–Kier alpha value is -8.32. The first-order valence-electron chi connectivity index (χ1n) is 30.5. The maximum Gasteiger partial charge on any atom is 0.310 e. The number of imidazole rings is 1. The zero-order valence-corrected chi connectivity index (χ0v) is 58.1. The predicted octanol–water partition coefficient (Wildman–Crippen LogP) is 10.2. The van der Waals surface area contributed by atoms with Crippen molar-refractivity contribution in [3.8, 4) is 23.0 Å². The molecule has 0 saturated heterocycles. The molecule has 20 nitrogen and oxygen atoms in total. The van der Waals surface area contributed by atoms with E-state index in [1.807, 2.05) is 113 Å². The largest absolute Gasteiger partial charge is 0.508 e. The number of nitro benzene ring substituents is 1. The molecule has 7 rings (SSSR count). The Labute approximate surface area is 561 Å². The number of likely N-dealkylation sites (N-methyl/N-ethyl adjacent to an activating group) is 5. The predicted molar refractivity (Wildman–Crippen MR) is 375 cm³/mol. The van der Waals surface area contributed by atoms with E-state index in [9.17, 15) is 54.2 Å². The van der Waals surface area contributed by atoms with Gasteiger partial charge in [-0.2, -0.15) is 0 Å². The highest BCUT2D eigenvalue weighted by atomic mass is 127. The van der Waals surface area contributed by atoms with Crippen molar-refractivity contribution in [3.63, 3.8) is 0 Å². The summed E-state index contributed by atoms with van der Waals surface area (Å²) in [7, 11) is 8.86. The number of nitro groups is 1. The number of phenols is 3. The van der Waals surface area contributed by atoms with Crippen LogP contribution in [0.4, 0.5) is 5.69 Å². The van der Waals surface area contributed by atoms with Gasteiger partial charge in [-0.1, -0.05) is 84.9 Å². The first-order chi connectivity index (χ1) is 44.2. The van der Waals surface area contributed by atoms with Gasteiger partial charge in [0.2, 0.25) is 0 Å². The van der Waals surface area contributed by atoms with Crippen molar-refractivity contribution in [3.05, 3.63) is 210 Å². The molecule has 93 heavy (non-hydrogen) atoms. The second-order valence-corrected chi connectivity index (χ2v) is 23.4. The Morgan fingerprint density at radius 3 is 1.39 bits per heavy atom. The first kappa shape index (κ1) is 80.8. The number of hydrogen-bond donors (Lipinski definition) is 9. The molecular weight excluding hydrogens is 1300 g/mol. The third kappa shape index (κ3) is 32.2. The lowest BCUT2D eigenvalue weighted by Gasteiger charge is -2.16. The standard InChI is InChI=1S/C18H21NO2.C13H19NO2.C12H17NO.C11H14INO2.C11H14N2O4.C7H10N2O/c1-14(20)18(19-2)12-15-8-10-17(11-9-15)21-13-16-6-4-3-5-7-16;1-8-5-11(16)6-9(2)12(8)7-13(14-4)10(3)15;1-10(14)12(13-2)9-8-11-6-4-3-5-7-11;1-7(14)10(13-2)6-8-3-4-11(15)9(12)5-8;1-7(14)9(12-2)5-8-3-4-11(15)10(6-8)13(16)17;1-6(10)2-3-7-4-8-5-9-7/h3-11,18-19H,12-13H2,1-2H3;5-6,13-14,16H,7H2,1-4H3;3-7,12-13H,8-9H2,1-2H3;3-5,10,13,15H,6H2,1-2H3;3-4,6,9,12,15H,5H2,1-2H3;4-5H,2-3H2,1H3,(H,8,9)/t18-;13-;12-;10-;9-;/m00000./s1. The van der Waals surface area contributed by atoms with Crippen LogP contribution in [-0.2, 0) is 73.9 Å². The van der Waals surface area contributed by atoms with Crippen LogP contribution in [0.25, 0.3) is 0 Å². The molecule has 9 N–H and O–H groups in total. The minimum absolute atomic E-state index is 0.00444. The highest BCUT2D eigenvalue weighted by molar-refractivity contribution is 14.1. The molecule has 0 unspecified atom stereocenters. The van der Waals surface area contributed by atoms with Gasteiger partial charge in [0.1, 0.15) is 58.6 Å². The molecule has 1 heterocycles. The van der Waals surface area contributed by atoms with Crippen molar-refractivity contribution in [1.82, 2.24) is 36.6 Å². The van der Waals surface area contributed by atoms with E-state index >= 15 is 0 Å². The van der Waals surface area contributed by atoms with Crippen LogP contribution >= 0.6 is 22.6 Å². The summed E-state index contributed by atoms with van der Waals surface area (Å²) in [5, 5.41) is 53.6. The number of ketones is 6. The molecule has 502 valence electrons. The average Bonchev–Trinajstić information content (AvgIpc) is 1.26. The molecule has 0 spiro atoms. The number of H-pyrrole nitrogens is 1. The van der Waals surface area contributed by atoms with Gasteiger partial charge in [0.25, 0.3) is 0 Å². The van der Waals surface area contributed by atoms with Gasteiger partial charge >= 0.3 is 5.69 Å². The number of aryl methyl sites for hydroxylation is 4. The van der Waals surface area contributed by atoms with Gasteiger partial charge in [0, 0.05) is 24.4 Å². The number of phenolic OH excluding ortho intramolecular Hbond substituents is 3. The molecule has 0 aliphatic rings. The highest BCUT2D eigenvalue weighted by Gasteiger charge is 2.19. The van der Waals surface area contributed by atoms with Gasteiger partial charge in [0.15, 0.2) is 5.75 Å². The fourth-order valence-corrected chi connectivity index (χ4v) is 9.80. The minimum atomic E-state index is -0.652. The summed E-state index contributed by atoms with van der Waals surface area (Å²) in [5.74, 6) is 1.83. The van der Waals surface area contributed by atoms with Crippen molar-refractivity contribution >= 4 is 63.0 Å². The lowest BCUT2D eigenvalue weighted by atomic mass is 9.95. The van der Waals surface area contributed by atoms with Crippen LogP contribution in [-0.4, -0.2) is 130 Å². The number of aromatic amines is 1. The number of rotatable bonds is 28. The summed E-state index contributed by atoms with van der Waals surface area (Å²) >= 11 is 2.07. The quantitative estimate of drug-likeness (QED) is 0.0125. The number of ether oxygens (including phenoxy) is 1. The molecule has 6 aromatic carbocycles. The smallest absolute Gasteiger partial charge is 0.310 e. The second-order valence-electron chi connectivity index (χ2n) is 22.2. The van der Waals surface area contributed by atoms with Gasteiger partial charge < -0.3 is 56.4 Å². The SMILES string of the molecule is CC(=O)CCc1cnc[nH]1.CN[C@@H](CCc1ccccc1)C(C)=O.CN[C@@H](Cc1c(C)cc(O)cc1C)C(C)=O.CN[C@@H](Cc1ccc(O)c(I)c1)C(C)=O.CN[C@@H](Cc1ccc(O)c([N+](=O)[O-])c1)C(C)=O.CN[C@@H](Cc1ccc(OCc2ccccc2)cc1)C(C)=O. The summed E-state index contributed by atoms with van der Waals surface area (Å²) < 4.78 is 6.55. The molecule has 0 radical (unpaired) electrons. The fraction of sp³-hybridized carbons (Fsp3) is 0.375. The number of benzene rings is 6. The van der Waals surface area contributed by atoms with Crippen LogP contribution in [0.1, 0.15) is 105 Å². The third-order valence-electron chi connectivity index (χ3n) is 14.9. The van der Waals surface area contributed by atoms with E-state index in [1.54, 1.807) is 92.6 Å². The molecule has 0 amide bonds. The van der Waals surface area contributed by atoms with Crippen molar-refractivity contribution in [1.29, 1.82) is 0 Å². The molecular formula is C72H95IN8O12. The van der Waals surface area contributed by atoms with Crippen molar-refractivity contribution in [2.24, 2.45) is 0 Å². The van der Waals surface area contributed by atoms with Crippen molar-refractivity contribution < 1.29 is 53.7 Å². The van der Waals surface area contributed by atoms with Crippen LogP contribution in [0.3, 0.4) is 0 Å². The summed E-state index contributed by atoms with van der Waals surface area (Å²) in [6.07, 6.45) is 8.93. The molecule has 21 heteroatoms. The minimum Gasteiger partial charge on any atom is -0.508 e. The van der Waals surface area contributed by atoms with Crippen LogP contribution in [0.2, 0.25) is 0 Å². The zero-order valence-electron chi connectivity index (χ0n) is 55.9. The average molecular weight is 1390 g/mol. The number of aromatic nitrogens is 2. The van der Waals surface area contributed by atoms with Gasteiger partial charge in [-0.3, -0.25) is 34.1 Å². The number of halogens is 1. The lowest BCUT2D eigenvalue weighted by molar-refractivity contribution is -0.385. The van der Waals surface area contributed by atoms with Gasteiger partial charge in [-0.05, 0) is 245 Å². The maximum absolute atomic E-state index is 11.4. The summed E-state index contributed by atoms with van der Waals surface area (Å²) in [6, 6.07) is 40.4. The van der Waals surface area contributed by atoms with E-state index in [0.717, 1.165) is 67.7 Å². The lowest BCUT2D eigenvalue weighted by Crippen LogP contribution is -2.34. The molecule has 0 fully saturated rings. The van der Waals surface area contributed by atoms with Crippen LogP contribution in [0.15, 0.2) is 146 Å². The molecule has 0 saturated carbocycles. The second kappa shape index (κ2) is 44.3. The van der Waals surface area contributed by atoms with E-state index in [1.165, 1.54) is 24.6 Å². The van der Waals surface area contributed by atoms with Crippen molar-refractivity contribution in [2.45, 2.75) is 144 Å². The maximum atomic E-state index is 11.4. The van der Waals surface area contributed by atoms with E-state index in [4.69, 9.17) is 4.74 Å². The summed E-state index contributed by atoms with van der Waals surface area (Å²) in [5.41, 5.74) is 9.09. The van der Waals surface area contributed by atoms with Crippen LogP contribution in [0, 0.1) is 27.5 Å². The Kier molecular flexibility index (Phi) is 38.4. The number of Topliss-reactive ketones (excluding diaryl/α,β-unsaturated/α-hetero) is 6. The molecule has 0 bridgehead atoms. The molecule has 0 aliphatic heterocycles. The molecule has 7 aromatic rings. The topological polar surface area (TPSA) is 304 Å². The highest BCUT2D eigenvalue weighted by Crippen LogP contribution is 2.27.